The number of allylic oxidation sites excluding steroid dienone is 3. The highest BCUT2D eigenvalue weighted by Crippen LogP contribution is 2.32. The minimum absolute atomic E-state index is 0.0586. The number of aryl methyl sites for hydroxylation is 2. The van der Waals surface area contributed by atoms with E-state index >= 15 is 0 Å². The third-order valence-electron chi connectivity index (χ3n) is 4.59. The molecule has 0 fully saturated rings. The zero-order chi connectivity index (χ0) is 16.4. The molecular formula is C23H18O. The van der Waals surface area contributed by atoms with Crippen LogP contribution in [0.5, 0.6) is 0 Å². The topological polar surface area (TPSA) is 17.1 Å². The summed E-state index contributed by atoms with van der Waals surface area (Å²) in [5.74, 6) is 0.0586. The van der Waals surface area contributed by atoms with Crippen LogP contribution in [0.15, 0.2) is 78.9 Å². The summed E-state index contributed by atoms with van der Waals surface area (Å²) in [4.78, 5) is 12.6. The molecule has 1 aliphatic rings. The first-order chi connectivity index (χ1) is 11.8. The van der Waals surface area contributed by atoms with E-state index in [2.05, 4.69) is 24.3 Å². The van der Waals surface area contributed by atoms with Crippen molar-refractivity contribution in [3.05, 3.63) is 101 Å². The summed E-state index contributed by atoms with van der Waals surface area (Å²) in [5, 5.41) is 2.38. The van der Waals surface area contributed by atoms with Gasteiger partial charge in [0.25, 0.3) is 0 Å². The normalized spacial score (nSPS) is 13.3. The molecule has 0 atom stereocenters. The van der Waals surface area contributed by atoms with E-state index in [1.165, 1.54) is 16.5 Å². The van der Waals surface area contributed by atoms with Gasteiger partial charge in [-0.3, -0.25) is 4.79 Å². The Morgan fingerprint density at radius 3 is 2.42 bits per heavy atom. The lowest BCUT2D eigenvalue weighted by Gasteiger charge is -2.06. The Balaban J connectivity index is 1.61. The second kappa shape index (κ2) is 6.29. The van der Waals surface area contributed by atoms with Gasteiger partial charge in [-0.1, -0.05) is 78.9 Å². The van der Waals surface area contributed by atoms with Gasteiger partial charge in [0.1, 0.15) is 0 Å². The molecule has 0 aromatic heterocycles. The summed E-state index contributed by atoms with van der Waals surface area (Å²) in [7, 11) is 0. The lowest BCUT2D eigenvalue weighted by molar-refractivity contribution is 0.104. The quantitative estimate of drug-likeness (QED) is 0.359. The molecule has 0 radical (unpaired) electrons. The van der Waals surface area contributed by atoms with Gasteiger partial charge in [0.05, 0.1) is 0 Å². The summed E-state index contributed by atoms with van der Waals surface area (Å²) in [6, 6.07) is 20.4. The van der Waals surface area contributed by atoms with Gasteiger partial charge in [-0.2, -0.15) is 0 Å². The van der Waals surface area contributed by atoms with Gasteiger partial charge in [-0.15, -0.1) is 0 Å². The smallest absolute Gasteiger partial charge is 0.186 e. The second-order valence-corrected chi connectivity index (χ2v) is 6.11. The molecule has 0 spiro atoms. The predicted molar refractivity (Wildman–Crippen MR) is 100 cm³/mol. The molecule has 0 saturated heterocycles. The largest absolute Gasteiger partial charge is 0.289 e. The maximum atomic E-state index is 12.6. The van der Waals surface area contributed by atoms with Crippen LogP contribution in [0.2, 0.25) is 0 Å². The SMILES string of the molecule is O=C(C=CC=Cc1ccccc1)c1ccc2c3c(cccc13)CC2. The zero-order valence-electron chi connectivity index (χ0n) is 13.4. The number of hydrogen-bond donors (Lipinski definition) is 0. The third-order valence-corrected chi connectivity index (χ3v) is 4.59. The van der Waals surface area contributed by atoms with E-state index < -0.39 is 0 Å². The number of carbonyl (C=O) groups excluding carboxylic acids is 1. The molecule has 0 aliphatic heterocycles. The first kappa shape index (κ1) is 14.6. The highest BCUT2D eigenvalue weighted by atomic mass is 16.1. The molecule has 4 rings (SSSR count). The van der Waals surface area contributed by atoms with E-state index in [9.17, 15) is 4.79 Å². The van der Waals surface area contributed by atoms with E-state index in [-0.39, 0.29) is 5.78 Å². The van der Waals surface area contributed by atoms with E-state index in [0.717, 1.165) is 29.4 Å². The molecule has 0 amide bonds. The van der Waals surface area contributed by atoms with E-state index in [4.69, 9.17) is 0 Å². The molecule has 116 valence electrons. The van der Waals surface area contributed by atoms with Crippen LogP contribution in [0.1, 0.15) is 27.0 Å². The molecule has 1 aliphatic carbocycles. The summed E-state index contributed by atoms with van der Waals surface area (Å²) >= 11 is 0. The number of carbonyl (C=O) groups is 1. The fraction of sp³-hybridized carbons (Fsp3) is 0.0870. The molecule has 3 aromatic rings. The maximum absolute atomic E-state index is 12.6. The molecule has 24 heavy (non-hydrogen) atoms. The summed E-state index contributed by atoms with van der Waals surface area (Å²) in [5.41, 5.74) is 4.65. The van der Waals surface area contributed by atoms with Crippen molar-refractivity contribution in [1.82, 2.24) is 0 Å². The molecule has 1 heteroatoms. The van der Waals surface area contributed by atoms with Gasteiger partial charge in [-0.05, 0) is 46.4 Å². The third kappa shape index (κ3) is 2.69. The molecular weight excluding hydrogens is 292 g/mol. The van der Waals surface area contributed by atoms with Gasteiger partial charge < -0.3 is 0 Å². The van der Waals surface area contributed by atoms with Gasteiger partial charge in [0.2, 0.25) is 0 Å². The first-order valence-electron chi connectivity index (χ1n) is 8.30. The highest BCUT2D eigenvalue weighted by molar-refractivity contribution is 6.14. The number of ketones is 1. The minimum Gasteiger partial charge on any atom is -0.289 e. The zero-order valence-corrected chi connectivity index (χ0v) is 13.4. The van der Waals surface area contributed by atoms with Crippen LogP contribution in [-0.2, 0) is 12.8 Å². The van der Waals surface area contributed by atoms with Crippen LogP contribution in [0, 0.1) is 0 Å². The monoisotopic (exact) mass is 310 g/mol. The van der Waals surface area contributed by atoms with Crippen LogP contribution >= 0.6 is 0 Å². The first-order valence-corrected chi connectivity index (χ1v) is 8.30. The van der Waals surface area contributed by atoms with Crippen LogP contribution in [0.3, 0.4) is 0 Å². The average Bonchev–Trinajstić information content (AvgIpc) is 3.05. The Hall–Kier alpha value is -2.93. The van der Waals surface area contributed by atoms with Crippen LogP contribution < -0.4 is 0 Å². The number of hydrogen-bond acceptors (Lipinski definition) is 1. The Kier molecular flexibility index (Phi) is 3.84. The van der Waals surface area contributed by atoms with Crippen LogP contribution in [0.25, 0.3) is 16.8 Å². The summed E-state index contributed by atoms with van der Waals surface area (Å²) in [6.07, 6.45) is 9.54. The minimum atomic E-state index is 0.0586. The van der Waals surface area contributed by atoms with Crippen molar-refractivity contribution >= 4 is 22.6 Å². The van der Waals surface area contributed by atoms with Crippen LogP contribution in [0.4, 0.5) is 0 Å². The molecule has 0 bridgehead atoms. The Labute approximate surface area is 142 Å². The van der Waals surface area contributed by atoms with Crippen molar-refractivity contribution in [3.8, 4) is 0 Å². The van der Waals surface area contributed by atoms with Crippen molar-refractivity contribution in [2.24, 2.45) is 0 Å². The summed E-state index contributed by atoms with van der Waals surface area (Å²) < 4.78 is 0. The molecule has 0 heterocycles. The second-order valence-electron chi connectivity index (χ2n) is 6.11. The Bertz CT molecular complexity index is 952. The van der Waals surface area contributed by atoms with Gasteiger partial charge in [0, 0.05) is 5.56 Å². The van der Waals surface area contributed by atoms with Gasteiger partial charge >= 0.3 is 0 Å². The Morgan fingerprint density at radius 1 is 0.792 bits per heavy atom. The maximum Gasteiger partial charge on any atom is 0.186 e. The van der Waals surface area contributed by atoms with Gasteiger partial charge in [0.15, 0.2) is 5.78 Å². The van der Waals surface area contributed by atoms with Crippen molar-refractivity contribution in [1.29, 1.82) is 0 Å². The van der Waals surface area contributed by atoms with E-state index in [0.29, 0.717) is 0 Å². The lowest BCUT2D eigenvalue weighted by Crippen LogP contribution is -1.96. The van der Waals surface area contributed by atoms with Crippen molar-refractivity contribution in [3.63, 3.8) is 0 Å². The molecule has 0 saturated carbocycles. The van der Waals surface area contributed by atoms with E-state index in [1.54, 1.807) is 6.08 Å². The fourth-order valence-corrected chi connectivity index (χ4v) is 3.43. The van der Waals surface area contributed by atoms with Crippen molar-refractivity contribution < 1.29 is 4.79 Å². The molecule has 0 unspecified atom stereocenters. The van der Waals surface area contributed by atoms with Crippen LogP contribution in [-0.4, -0.2) is 5.78 Å². The van der Waals surface area contributed by atoms with E-state index in [1.807, 2.05) is 54.6 Å². The van der Waals surface area contributed by atoms with Crippen molar-refractivity contribution in [2.45, 2.75) is 12.8 Å². The van der Waals surface area contributed by atoms with Crippen molar-refractivity contribution in [2.75, 3.05) is 0 Å². The summed E-state index contributed by atoms with van der Waals surface area (Å²) in [6.45, 7) is 0. The average molecular weight is 310 g/mol. The number of benzene rings is 3. The highest BCUT2D eigenvalue weighted by Gasteiger charge is 2.17. The molecule has 0 N–H and O–H groups in total. The molecule has 3 aromatic carbocycles. The predicted octanol–water partition coefficient (Wildman–Crippen LogP) is 5.39. The number of rotatable bonds is 4. The fourth-order valence-electron chi connectivity index (χ4n) is 3.43. The standard InChI is InChI=1S/C23H18O/c24-22(12-5-4-9-17-7-2-1-3-8-17)20-16-15-19-14-13-18-10-6-11-21(20)23(18)19/h1-12,15-16H,13-14H2. The molecule has 1 nitrogen and oxygen atoms in total. The Morgan fingerprint density at radius 2 is 1.58 bits per heavy atom. The van der Waals surface area contributed by atoms with Gasteiger partial charge in [-0.25, -0.2) is 0 Å². The lowest BCUT2D eigenvalue weighted by atomic mass is 9.97.